The van der Waals surface area contributed by atoms with Crippen LogP contribution in [0.1, 0.15) is 95.9 Å². The first-order valence-corrected chi connectivity index (χ1v) is 22.0. The Kier molecular flexibility index (Phi) is 8.12. The molecule has 3 aliphatic rings. The Morgan fingerprint density at radius 2 is 1.23 bits per heavy atom. The molecule has 10 rings (SSSR count). The van der Waals surface area contributed by atoms with Crippen molar-refractivity contribution in [3.63, 3.8) is 0 Å². The number of allylic oxidation sites excluding steroid dienone is 1. The van der Waals surface area contributed by atoms with Gasteiger partial charge in [-0.15, -0.1) is 22.7 Å². The summed E-state index contributed by atoms with van der Waals surface area (Å²) in [5, 5.41) is 2.72. The van der Waals surface area contributed by atoms with E-state index < -0.39 is 0 Å². The predicted molar refractivity (Wildman–Crippen MR) is 252 cm³/mol. The highest BCUT2D eigenvalue weighted by atomic mass is 32.1. The first-order valence-electron chi connectivity index (χ1n) is 20.4. The molecule has 7 aromatic rings. The fraction of sp³-hybridized carbons (Fsp3) is 0.269. The third-order valence-electron chi connectivity index (χ3n) is 12.2. The normalized spacial score (nSPS) is 15.4. The second-order valence-corrected chi connectivity index (χ2v) is 21.3. The minimum atomic E-state index is 0.000855. The van der Waals surface area contributed by atoms with Gasteiger partial charge in [-0.25, -0.2) is 0 Å². The summed E-state index contributed by atoms with van der Waals surface area (Å²) < 4.78 is 4.15. The highest BCUT2D eigenvalue weighted by molar-refractivity contribution is 7.34. The first kappa shape index (κ1) is 36.3. The highest BCUT2D eigenvalue weighted by Gasteiger charge is 2.45. The summed E-state index contributed by atoms with van der Waals surface area (Å²) in [6.07, 6.45) is 6.21. The fourth-order valence-corrected chi connectivity index (χ4v) is 11.8. The molecule has 0 spiro atoms. The Labute approximate surface area is 347 Å². The van der Waals surface area contributed by atoms with Crippen LogP contribution in [0.3, 0.4) is 0 Å². The fourth-order valence-electron chi connectivity index (χ4n) is 9.13. The van der Waals surface area contributed by atoms with Crippen LogP contribution in [0.25, 0.3) is 26.2 Å². The SMILES string of the molecule is CC(C)(C)c1ccc(N2c3ccc(C(C)(C)C)cc3B3c4sc5c(ccc6sc7c(c65)/C=C\CC#CC7)c4N(c4ccc(C(C)(C)C)cc4)c4cccc2c43)cc1. The Morgan fingerprint density at radius 1 is 0.614 bits per heavy atom. The molecule has 0 atom stereocenters. The monoisotopic (exact) mass is 776 g/mol. The Hall–Kier alpha value is -5.02. The van der Waals surface area contributed by atoms with Crippen molar-refractivity contribution < 1.29 is 0 Å². The standard InChI is InChI=1S/C52H49BN2S2/c1-50(2,3)32-19-24-35(25-20-32)54-40-29-23-34(52(7,8)9)31-39(40)53-46-41(54)16-14-17-42(46)55(36-26-21-33(22-27-36)51(4,5)6)47-38-28-30-44-45(48(38)57-49(47)53)37-15-12-10-11-13-18-43(37)56-44/h12,14-17,19-31H,10,18H2,1-9H3/b15-12-. The summed E-state index contributed by atoms with van der Waals surface area (Å²) in [4.78, 5) is 6.51. The number of nitrogens with zero attached hydrogens (tertiary/aromatic N) is 2. The van der Waals surface area contributed by atoms with Crippen LogP contribution in [-0.4, -0.2) is 6.71 Å². The van der Waals surface area contributed by atoms with Crippen molar-refractivity contribution in [2.45, 2.75) is 91.4 Å². The van der Waals surface area contributed by atoms with Gasteiger partial charge < -0.3 is 9.80 Å². The molecule has 4 heterocycles. The molecular formula is C52H49BN2S2. The summed E-state index contributed by atoms with van der Waals surface area (Å²) in [6.45, 7) is 20.9. The number of hydrogen-bond acceptors (Lipinski definition) is 4. The van der Waals surface area contributed by atoms with Crippen LogP contribution >= 0.6 is 22.7 Å². The average molecular weight is 777 g/mol. The Morgan fingerprint density at radius 3 is 1.88 bits per heavy atom. The van der Waals surface area contributed by atoms with Gasteiger partial charge in [-0.05, 0) is 104 Å². The molecule has 0 N–H and O–H groups in total. The van der Waals surface area contributed by atoms with Crippen LogP contribution < -0.4 is 25.5 Å². The topological polar surface area (TPSA) is 6.48 Å². The summed E-state index contributed by atoms with van der Waals surface area (Å²) >= 11 is 3.94. The van der Waals surface area contributed by atoms with Gasteiger partial charge in [-0.3, -0.25) is 0 Å². The molecule has 0 bridgehead atoms. The van der Waals surface area contributed by atoms with E-state index in [-0.39, 0.29) is 23.0 Å². The van der Waals surface area contributed by atoms with Crippen molar-refractivity contribution in [1.82, 2.24) is 0 Å². The Balaban J connectivity index is 1.30. The van der Waals surface area contributed by atoms with E-state index in [1.807, 2.05) is 22.7 Å². The van der Waals surface area contributed by atoms with E-state index >= 15 is 0 Å². The van der Waals surface area contributed by atoms with Gasteiger partial charge >= 0.3 is 0 Å². The highest BCUT2D eigenvalue weighted by Crippen LogP contribution is 2.51. The van der Waals surface area contributed by atoms with Gasteiger partial charge in [0, 0.05) is 71.1 Å². The number of rotatable bonds is 2. The average Bonchev–Trinajstić information content (AvgIpc) is 3.71. The second kappa shape index (κ2) is 12.7. The molecule has 5 aromatic carbocycles. The zero-order valence-corrected chi connectivity index (χ0v) is 36.2. The quantitative estimate of drug-likeness (QED) is 0.127. The third-order valence-corrected chi connectivity index (χ3v) is 14.7. The molecular weight excluding hydrogens is 728 g/mol. The maximum atomic E-state index is 3.44. The summed E-state index contributed by atoms with van der Waals surface area (Å²) in [5.74, 6) is 6.78. The molecule has 0 radical (unpaired) electrons. The van der Waals surface area contributed by atoms with Crippen molar-refractivity contribution in [2.75, 3.05) is 9.80 Å². The van der Waals surface area contributed by atoms with Gasteiger partial charge in [0.2, 0.25) is 0 Å². The Bertz CT molecular complexity index is 2860. The van der Waals surface area contributed by atoms with Crippen LogP contribution in [-0.2, 0) is 22.7 Å². The lowest BCUT2D eigenvalue weighted by atomic mass is 9.36. The lowest BCUT2D eigenvalue weighted by Crippen LogP contribution is -2.60. The summed E-state index contributed by atoms with van der Waals surface area (Å²) in [7, 11) is 0. The molecule has 0 unspecified atom stereocenters. The molecule has 5 heteroatoms. The molecule has 2 aliphatic heterocycles. The largest absolute Gasteiger partial charge is 0.311 e. The number of anilines is 6. The van der Waals surface area contributed by atoms with E-state index in [4.69, 9.17) is 0 Å². The van der Waals surface area contributed by atoms with E-state index in [1.165, 1.54) is 97.1 Å². The van der Waals surface area contributed by atoms with E-state index in [1.54, 1.807) is 0 Å². The number of benzene rings is 5. The first-order chi connectivity index (χ1) is 27.2. The van der Waals surface area contributed by atoms with Crippen molar-refractivity contribution >= 4 is 105 Å². The minimum Gasteiger partial charge on any atom is -0.311 e. The maximum Gasteiger partial charge on any atom is 0.264 e. The van der Waals surface area contributed by atoms with Crippen LogP contribution in [0.15, 0.2) is 103 Å². The minimum absolute atomic E-state index is 0.000855. The van der Waals surface area contributed by atoms with Crippen LogP contribution in [0, 0.1) is 11.8 Å². The number of hydrogen-bond donors (Lipinski definition) is 0. The van der Waals surface area contributed by atoms with Crippen LogP contribution in [0.4, 0.5) is 34.1 Å². The van der Waals surface area contributed by atoms with Gasteiger partial charge in [0.1, 0.15) is 0 Å². The lowest BCUT2D eigenvalue weighted by molar-refractivity contribution is 0.590. The molecule has 0 fully saturated rings. The number of fused-ring (bicyclic) bond motifs is 10. The van der Waals surface area contributed by atoms with Crippen molar-refractivity contribution in [1.29, 1.82) is 0 Å². The molecule has 0 amide bonds. The molecule has 57 heavy (non-hydrogen) atoms. The van der Waals surface area contributed by atoms with E-state index in [9.17, 15) is 0 Å². The van der Waals surface area contributed by atoms with Gasteiger partial charge in [-0.2, -0.15) is 0 Å². The van der Waals surface area contributed by atoms with E-state index in [0.717, 1.165) is 12.8 Å². The second-order valence-electron chi connectivity index (χ2n) is 19.1. The van der Waals surface area contributed by atoms with E-state index in [0.29, 0.717) is 0 Å². The van der Waals surface area contributed by atoms with Crippen LogP contribution in [0.2, 0.25) is 0 Å². The molecule has 1 aliphatic carbocycles. The molecule has 2 aromatic heterocycles. The predicted octanol–water partition coefficient (Wildman–Crippen LogP) is 13.1. The summed E-state index contributed by atoms with van der Waals surface area (Å²) in [5.41, 5.74) is 15.8. The zero-order chi connectivity index (χ0) is 39.6. The van der Waals surface area contributed by atoms with Crippen molar-refractivity contribution in [3.05, 3.63) is 130 Å². The van der Waals surface area contributed by atoms with E-state index in [2.05, 4.69) is 193 Å². The lowest BCUT2D eigenvalue weighted by Gasteiger charge is -2.43. The zero-order valence-electron chi connectivity index (χ0n) is 34.6. The number of thiophene rings is 2. The van der Waals surface area contributed by atoms with Gasteiger partial charge in [-0.1, -0.05) is 129 Å². The maximum absolute atomic E-state index is 3.44. The van der Waals surface area contributed by atoms with Crippen LogP contribution in [0.5, 0.6) is 0 Å². The summed E-state index contributed by atoms with van der Waals surface area (Å²) in [6, 6.07) is 37.8. The smallest absolute Gasteiger partial charge is 0.264 e. The van der Waals surface area contributed by atoms with Gasteiger partial charge in [0.05, 0.1) is 5.69 Å². The third kappa shape index (κ3) is 5.74. The van der Waals surface area contributed by atoms with Crippen molar-refractivity contribution in [3.8, 4) is 11.8 Å². The van der Waals surface area contributed by atoms with Crippen molar-refractivity contribution in [2.24, 2.45) is 0 Å². The van der Waals surface area contributed by atoms with Gasteiger partial charge in [0.25, 0.3) is 6.71 Å². The molecule has 0 saturated carbocycles. The molecule has 282 valence electrons. The van der Waals surface area contributed by atoms with Gasteiger partial charge in [0.15, 0.2) is 0 Å². The molecule has 0 saturated heterocycles. The molecule has 2 nitrogen and oxygen atoms in total.